The highest BCUT2D eigenvalue weighted by Gasteiger charge is 2.30. The fourth-order valence-electron chi connectivity index (χ4n) is 9.82. The van der Waals surface area contributed by atoms with Gasteiger partial charge in [-0.3, -0.25) is 37.3 Å². The Morgan fingerprint density at radius 1 is 0.352 bits per heavy atom. The summed E-state index contributed by atoms with van der Waals surface area (Å²) < 4.78 is 68.2. The van der Waals surface area contributed by atoms with E-state index in [0.29, 0.717) is 37.5 Å². The molecule has 0 aliphatic heterocycles. The van der Waals surface area contributed by atoms with Gasteiger partial charge in [0, 0.05) is 25.7 Å². The molecule has 3 unspecified atom stereocenters. The summed E-state index contributed by atoms with van der Waals surface area (Å²) in [6.07, 6.45) is 45.4. The fourth-order valence-corrected chi connectivity index (χ4v) is 11.4. The molecule has 0 saturated carbocycles. The van der Waals surface area contributed by atoms with E-state index < -0.39 is 97.5 Å². The van der Waals surface area contributed by atoms with E-state index in [1.54, 1.807) is 0 Å². The first-order valence-electron chi connectivity index (χ1n) is 35.2. The Bertz CT molecular complexity index is 1830. The van der Waals surface area contributed by atoms with Crippen molar-refractivity contribution in [3.05, 3.63) is 24.3 Å². The van der Waals surface area contributed by atoms with Crippen molar-refractivity contribution in [1.82, 2.24) is 0 Å². The molecule has 0 radical (unpaired) electrons. The minimum absolute atomic E-state index is 0.0836. The maximum Gasteiger partial charge on any atom is 0.472 e. The molecular formula is C69H130O17P2. The summed E-state index contributed by atoms with van der Waals surface area (Å²) in [5.74, 6) is -0.000905. The Labute approximate surface area is 535 Å². The predicted octanol–water partition coefficient (Wildman–Crippen LogP) is 19.0. The molecule has 0 spiro atoms. The number of carbonyl (C=O) groups excluding carboxylic acids is 4. The van der Waals surface area contributed by atoms with Crippen molar-refractivity contribution in [2.45, 2.75) is 336 Å². The zero-order valence-electron chi connectivity index (χ0n) is 56.7. The number of phosphoric ester groups is 2. The molecule has 0 heterocycles. The van der Waals surface area contributed by atoms with E-state index in [-0.39, 0.29) is 25.7 Å². The SMILES string of the molecule is CCCCCC/C=C\C=C/CCCCCCCC(=O)O[C@H](COC(=O)CCCCCCCCCC(C)C)COP(=O)(O)OCC(O)COP(=O)(O)OC[C@@H](COC(=O)CCCCCCCCCCCC(C)C)OC(=O)CCCCCCCCCCC(C)C. The molecule has 0 aromatic rings. The van der Waals surface area contributed by atoms with Gasteiger partial charge in [-0.15, -0.1) is 0 Å². The van der Waals surface area contributed by atoms with Crippen LogP contribution in [0.4, 0.5) is 0 Å². The van der Waals surface area contributed by atoms with E-state index in [1.165, 1.54) is 109 Å². The number of allylic oxidation sites excluding steroid dienone is 4. The fraction of sp³-hybridized carbons (Fsp3) is 0.884. The van der Waals surface area contributed by atoms with Crippen LogP contribution in [-0.2, 0) is 65.4 Å². The van der Waals surface area contributed by atoms with Gasteiger partial charge in [0.15, 0.2) is 12.2 Å². The zero-order valence-corrected chi connectivity index (χ0v) is 58.5. The Balaban J connectivity index is 5.29. The quantitative estimate of drug-likeness (QED) is 0.0169. The topological polar surface area (TPSA) is 237 Å². The second kappa shape index (κ2) is 59.5. The van der Waals surface area contributed by atoms with E-state index >= 15 is 0 Å². The molecule has 88 heavy (non-hydrogen) atoms. The minimum Gasteiger partial charge on any atom is -0.462 e. The van der Waals surface area contributed by atoms with Crippen molar-refractivity contribution in [3.8, 4) is 0 Å². The molecule has 3 N–H and O–H groups in total. The van der Waals surface area contributed by atoms with Crippen molar-refractivity contribution in [1.29, 1.82) is 0 Å². The normalized spacial score (nSPS) is 14.4. The first kappa shape index (κ1) is 85.5. The molecule has 0 aromatic heterocycles. The van der Waals surface area contributed by atoms with Crippen molar-refractivity contribution in [2.75, 3.05) is 39.6 Å². The molecular weight excluding hydrogens is 1160 g/mol. The van der Waals surface area contributed by atoms with Crippen molar-refractivity contribution < 1.29 is 80.2 Å². The first-order chi connectivity index (χ1) is 42.2. The highest BCUT2D eigenvalue weighted by atomic mass is 31.2. The van der Waals surface area contributed by atoms with Crippen LogP contribution in [0.1, 0.15) is 318 Å². The van der Waals surface area contributed by atoms with Crippen LogP contribution in [0.5, 0.6) is 0 Å². The molecule has 0 aliphatic rings. The van der Waals surface area contributed by atoms with E-state index in [9.17, 15) is 43.2 Å². The van der Waals surface area contributed by atoms with Crippen LogP contribution in [0.2, 0.25) is 0 Å². The standard InChI is InChI=1S/C69H130O17P2/c1-8-9-10-11-12-13-14-15-16-17-18-21-30-38-45-52-68(73)85-65(57-80-67(72)51-44-37-32-25-28-35-42-49-62(6)7)59-84-88(77,78)82-55-63(70)54-81-87(75,76)83-58-64(86-69(74)53-46-39-31-24-23-27-34-41-48-61(4)5)56-79-66(71)50-43-36-29-22-19-20-26-33-40-47-60(2)3/h13-16,60-65,70H,8-12,17-59H2,1-7H3,(H,75,76)(H,77,78)/b14-13-,16-15-/t63?,64-,65-/m1/s1. The number of unbranched alkanes of at least 4 members (excludes halogenated alkanes) is 30. The maximum atomic E-state index is 13.0. The third-order valence-corrected chi connectivity index (χ3v) is 17.2. The lowest BCUT2D eigenvalue weighted by molar-refractivity contribution is -0.161. The van der Waals surface area contributed by atoms with Gasteiger partial charge in [-0.2, -0.15) is 0 Å². The van der Waals surface area contributed by atoms with Crippen LogP contribution in [0.15, 0.2) is 24.3 Å². The molecule has 0 amide bonds. The smallest absolute Gasteiger partial charge is 0.462 e. The van der Waals surface area contributed by atoms with E-state index in [1.807, 2.05) is 0 Å². The Kier molecular flexibility index (Phi) is 57.9. The van der Waals surface area contributed by atoms with Crippen LogP contribution >= 0.6 is 15.6 Å². The van der Waals surface area contributed by atoms with Gasteiger partial charge >= 0.3 is 39.5 Å². The third-order valence-electron chi connectivity index (χ3n) is 15.3. The van der Waals surface area contributed by atoms with Crippen LogP contribution in [-0.4, -0.2) is 96.7 Å². The average Bonchev–Trinajstić information content (AvgIpc) is 3.70. The summed E-state index contributed by atoms with van der Waals surface area (Å²) in [5, 5.41) is 10.6. The van der Waals surface area contributed by atoms with Crippen molar-refractivity contribution in [3.63, 3.8) is 0 Å². The number of hydrogen-bond donors (Lipinski definition) is 3. The number of phosphoric acid groups is 2. The van der Waals surface area contributed by atoms with E-state index in [0.717, 1.165) is 115 Å². The average molecular weight is 1290 g/mol. The summed E-state index contributed by atoms with van der Waals surface area (Å²) in [6.45, 7) is 11.6. The maximum absolute atomic E-state index is 13.0. The van der Waals surface area contributed by atoms with Crippen LogP contribution in [0.25, 0.3) is 0 Å². The van der Waals surface area contributed by atoms with E-state index in [2.05, 4.69) is 72.8 Å². The second-order valence-corrected chi connectivity index (χ2v) is 28.6. The number of esters is 4. The Morgan fingerprint density at radius 2 is 0.614 bits per heavy atom. The molecule has 5 atom stereocenters. The highest BCUT2D eigenvalue weighted by molar-refractivity contribution is 7.47. The number of ether oxygens (including phenoxy) is 4. The van der Waals surface area contributed by atoms with Gasteiger partial charge < -0.3 is 33.8 Å². The monoisotopic (exact) mass is 1290 g/mol. The Morgan fingerprint density at radius 3 is 0.920 bits per heavy atom. The van der Waals surface area contributed by atoms with Gasteiger partial charge in [0.05, 0.1) is 26.4 Å². The molecule has 0 aromatic carbocycles. The lowest BCUT2D eigenvalue weighted by Gasteiger charge is -2.21. The summed E-state index contributed by atoms with van der Waals surface area (Å²) in [7, 11) is -9.91. The molecule has 0 bridgehead atoms. The van der Waals surface area contributed by atoms with E-state index in [4.69, 9.17) is 37.0 Å². The molecule has 0 saturated heterocycles. The Hall–Kier alpha value is -2.46. The van der Waals surface area contributed by atoms with Crippen molar-refractivity contribution in [2.24, 2.45) is 17.8 Å². The van der Waals surface area contributed by atoms with Crippen molar-refractivity contribution >= 4 is 39.5 Å². The van der Waals surface area contributed by atoms with Gasteiger partial charge in [-0.05, 0) is 69.1 Å². The molecule has 518 valence electrons. The number of aliphatic hydroxyl groups excluding tert-OH is 1. The number of hydrogen-bond acceptors (Lipinski definition) is 15. The number of aliphatic hydroxyl groups is 1. The lowest BCUT2D eigenvalue weighted by atomic mass is 10.0. The summed E-state index contributed by atoms with van der Waals surface area (Å²) >= 11 is 0. The molecule has 0 fully saturated rings. The van der Waals surface area contributed by atoms with Gasteiger partial charge in [-0.1, -0.05) is 265 Å². The predicted molar refractivity (Wildman–Crippen MR) is 354 cm³/mol. The second-order valence-electron chi connectivity index (χ2n) is 25.7. The zero-order chi connectivity index (χ0) is 65.2. The highest BCUT2D eigenvalue weighted by Crippen LogP contribution is 2.45. The van der Waals surface area contributed by atoms with Gasteiger partial charge in [0.25, 0.3) is 0 Å². The van der Waals surface area contributed by atoms with Gasteiger partial charge in [0.2, 0.25) is 0 Å². The third kappa shape index (κ3) is 62.4. The van der Waals surface area contributed by atoms with Crippen LogP contribution in [0, 0.1) is 17.8 Å². The largest absolute Gasteiger partial charge is 0.472 e. The summed E-state index contributed by atoms with van der Waals surface area (Å²) in [4.78, 5) is 72.4. The molecule has 0 rings (SSSR count). The van der Waals surface area contributed by atoms with Crippen LogP contribution in [0.3, 0.4) is 0 Å². The molecule has 17 nitrogen and oxygen atoms in total. The van der Waals surface area contributed by atoms with Crippen LogP contribution < -0.4 is 0 Å². The number of rotatable bonds is 65. The minimum atomic E-state index is -4.96. The lowest BCUT2D eigenvalue weighted by Crippen LogP contribution is -2.30. The summed E-state index contributed by atoms with van der Waals surface area (Å²) in [6, 6.07) is 0. The first-order valence-corrected chi connectivity index (χ1v) is 38.2. The van der Waals surface area contributed by atoms with Gasteiger partial charge in [0.1, 0.15) is 19.3 Å². The molecule has 19 heteroatoms. The summed E-state index contributed by atoms with van der Waals surface area (Å²) in [5.41, 5.74) is 0. The van der Waals surface area contributed by atoms with Gasteiger partial charge in [-0.25, -0.2) is 9.13 Å². The number of carbonyl (C=O) groups is 4. The molecule has 0 aliphatic carbocycles.